The van der Waals surface area contributed by atoms with E-state index in [0.29, 0.717) is 35.4 Å². The first-order valence-electron chi connectivity index (χ1n) is 10.5. The van der Waals surface area contributed by atoms with Gasteiger partial charge in [0.05, 0.1) is 23.7 Å². The molecule has 1 aromatic heterocycles. The molecule has 3 N–H and O–H groups in total. The van der Waals surface area contributed by atoms with Crippen molar-refractivity contribution in [1.29, 1.82) is 0 Å². The first-order chi connectivity index (χ1) is 14.0. The van der Waals surface area contributed by atoms with E-state index in [1.165, 1.54) is 12.1 Å². The van der Waals surface area contributed by atoms with E-state index in [2.05, 4.69) is 12.2 Å². The molecule has 1 unspecified atom stereocenters. The highest BCUT2D eigenvalue weighted by molar-refractivity contribution is 5.90. The van der Waals surface area contributed by atoms with E-state index in [9.17, 15) is 19.8 Å². The summed E-state index contributed by atoms with van der Waals surface area (Å²) >= 11 is 0. The lowest BCUT2D eigenvalue weighted by molar-refractivity contribution is 0.170. The van der Waals surface area contributed by atoms with Crippen LogP contribution in [-0.2, 0) is 6.54 Å². The fourth-order valence-corrected chi connectivity index (χ4v) is 3.54. The van der Waals surface area contributed by atoms with Crippen molar-refractivity contribution in [3.8, 4) is 11.5 Å². The lowest BCUT2D eigenvalue weighted by atomic mass is 9.83. The Labute approximate surface area is 177 Å². The summed E-state index contributed by atoms with van der Waals surface area (Å²) in [6, 6.07) is 3.90. The van der Waals surface area contributed by atoms with Crippen LogP contribution in [-0.4, -0.2) is 27.5 Å². The summed E-state index contributed by atoms with van der Waals surface area (Å²) in [6.45, 7) is 12.7. The van der Waals surface area contributed by atoms with Gasteiger partial charge in [-0.15, -0.1) is 0 Å². The highest BCUT2D eigenvalue weighted by atomic mass is 16.5. The van der Waals surface area contributed by atoms with Crippen LogP contribution in [0.1, 0.15) is 66.1 Å². The van der Waals surface area contributed by atoms with Crippen LogP contribution in [0.5, 0.6) is 11.5 Å². The number of fused-ring (bicyclic) bond motifs is 1. The van der Waals surface area contributed by atoms with Crippen molar-refractivity contribution >= 4 is 16.9 Å². The average molecular weight is 419 g/mol. The largest absolute Gasteiger partial charge is 0.508 e. The molecule has 2 rings (SSSR count). The molecular formula is C23H34N2O5. The molecule has 0 spiro atoms. The number of pyridine rings is 1. The number of phenolic OH excluding ortho intramolecular Hbond substituents is 1. The number of phenols is 1. The van der Waals surface area contributed by atoms with Gasteiger partial charge in [0.1, 0.15) is 11.5 Å². The third-order valence-electron chi connectivity index (χ3n) is 4.95. The van der Waals surface area contributed by atoms with Crippen LogP contribution in [0.3, 0.4) is 0 Å². The zero-order chi connectivity index (χ0) is 22.6. The Morgan fingerprint density at radius 1 is 1.23 bits per heavy atom. The minimum atomic E-state index is -1.17. The first-order valence-corrected chi connectivity index (χ1v) is 10.5. The molecule has 0 aliphatic heterocycles. The normalized spacial score (nSPS) is 12.9. The quantitative estimate of drug-likeness (QED) is 0.530. The number of aromatic hydroxyl groups is 1. The van der Waals surface area contributed by atoms with E-state index in [1.54, 1.807) is 10.6 Å². The molecule has 0 radical (unpaired) electrons. The average Bonchev–Trinajstić information content (AvgIpc) is 2.62. The van der Waals surface area contributed by atoms with Crippen LogP contribution < -0.4 is 15.6 Å². The predicted octanol–water partition coefficient (Wildman–Crippen LogP) is 4.90. The van der Waals surface area contributed by atoms with E-state index in [1.807, 2.05) is 34.6 Å². The maximum atomic E-state index is 13.4. The number of rotatable bonds is 8. The van der Waals surface area contributed by atoms with Crippen LogP contribution in [0.4, 0.5) is 4.79 Å². The second kappa shape index (κ2) is 9.41. The standard InChI is InChI=1S/C23H34N2O5/c1-7-8-11-30-19-17-12-15(26)9-10-16(17)21(27)25(13-14(2)3)18(19)20(23(4,5)6)24-22(28)29/h9-10,12,14,20,24,26H,7-8,11,13H2,1-6H3,(H,28,29). The molecule has 0 aliphatic rings. The highest BCUT2D eigenvalue weighted by Gasteiger charge is 2.35. The van der Waals surface area contributed by atoms with Crippen LogP contribution in [0.25, 0.3) is 10.8 Å². The lowest BCUT2D eigenvalue weighted by Crippen LogP contribution is -2.40. The third-order valence-corrected chi connectivity index (χ3v) is 4.95. The first kappa shape index (κ1) is 23.6. The molecule has 7 nitrogen and oxygen atoms in total. The van der Waals surface area contributed by atoms with Crippen molar-refractivity contribution < 1.29 is 19.7 Å². The van der Waals surface area contributed by atoms with Gasteiger partial charge in [0.2, 0.25) is 0 Å². The molecule has 0 saturated heterocycles. The maximum Gasteiger partial charge on any atom is 0.405 e. The van der Waals surface area contributed by atoms with E-state index in [4.69, 9.17) is 4.74 Å². The molecule has 0 aliphatic carbocycles. The van der Waals surface area contributed by atoms with Gasteiger partial charge in [-0.05, 0) is 36.0 Å². The Morgan fingerprint density at radius 2 is 1.90 bits per heavy atom. The summed E-state index contributed by atoms with van der Waals surface area (Å²) in [7, 11) is 0. The number of amides is 1. The maximum absolute atomic E-state index is 13.4. The zero-order valence-corrected chi connectivity index (χ0v) is 18.8. The minimum Gasteiger partial charge on any atom is -0.508 e. The SMILES string of the molecule is CCCCOc1c(C(NC(=O)O)C(C)(C)C)n(CC(C)C)c(=O)c2ccc(O)cc12. The van der Waals surface area contributed by atoms with Gasteiger partial charge in [-0.25, -0.2) is 4.79 Å². The van der Waals surface area contributed by atoms with Gasteiger partial charge in [-0.1, -0.05) is 48.0 Å². The van der Waals surface area contributed by atoms with Gasteiger partial charge < -0.3 is 24.8 Å². The zero-order valence-electron chi connectivity index (χ0n) is 18.8. The van der Waals surface area contributed by atoms with Gasteiger partial charge in [0.15, 0.2) is 0 Å². The van der Waals surface area contributed by atoms with Crippen LogP contribution in [0.2, 0.25) is 0 Å². The molecule has 1 heterocycles. The van der Waals surface area contributed by atoms with Crippen molar-refractivity contribution in [2.24, 2.45) is 11.3 Å². The molecule has 7 heteroatoms. The Bertz CT molecular complexity index is 957. The van der Waals surface area contributed by atoms with E-state index >= 15 is 0 Å². The second-order valence-corrected chi connectivity index (χ2v) is 9.20. The topological polar surface area (TPSA) is 101 Å². The van der Waals surface area contributed by atoms with E-state index in [-0.39, 0.29) is 17.2 Å². The fraction of sp³-hybridized carbons (Fsp3) is 0.565. The van der Waals surface area contributed by atoms with Crippen molar-refractivity contribution in [3.05, 3.63) is 34.2 Å². The van der Waals surface area contributed by atoms with Gasteiger partial charge in [-0.2, -0.15) is 0 Å². The number of nitrogens with zero attached hydrogens (tertiary/aromatic N) is 1. The number of nitrogens with one attached hydrogen (secondary N) is 1. The summed E-state index contributed by atoms with van der Waals surface area (Å²) < 4.78 is 7.81. The summed E-state index contributed by atoms with van der Waals surface area (Å²) in [5, 5.41) is 23.2. The molecule has 1 atom stereocenters. The van der Waals surface area contributed by atoms with Gasteiger partial charge >= 0.3 is 6.09 Å². The van der Waals surface area contributed by atoms with Crippen molar-refractivity contribution in [2.75, 3.05) is 6.61 Å². The summed E-state index contributed by atoms with van der Waals surface area (Å²) in [4.78, 5) is 25.1. The summed E-state index contributed by atoms with van der Waals surface area (Å²) in [5.41, 5.74) is -0.257. The number of carboxylic acid groups (broad SMARTS) is 1. The molecular weight excluding hydrogens is 384 g/mol. The number of benzene rings is 1. The third kappa shape index (κ3) is 5.26. The van der Waals surface area contributed by atoms with E-state index < -0.39 is 17.6 Å². The van der Waals surface area contributed by atoms with Gasteiger partial charge in [0.25, 0.3) is 5.56 Å². The minimum absolute atomic E-state index is 0.0216. The number of hydrogen-bond acceptors (Lipinski definition) is 4. The molecule has 0 saturated carbocycles. The predicted molar refractivity (Wildman–Crippen MR) is 118 cm³/mol. The number of hydrogen-bond donors (Lipinski definition) is 3. The van der Waals surface area contributed by atoms with Gasteiger partial charge in [-0.3, -0.25) is 4.79 Å². The summed E-state index contributed by atoms with van der Waals surface area (Å²) in [6.07, 6.45) is 0.574. The smallest absolute Gasteiger partial charge is 0.405 e. The Kier molecular flexibility index (Phi) is 7.39. The Morgan fingerprint density at radius 3 is 2.43 bits per heavy atom. The highest BCUT2D eigenvalue weighted by Crippen LogP contribution is 2.41. The van der Waals surface area contributed by atoms with Crippen molar-refractivity contribution in [1.82, 2.24) is 9.88 Å². The molecule has 2 aromatic rings. The molecule has 0 fully saturated rings. The van der Waals surface area contributed by atoms with Crippen LogP contribution >= 0.6 is 0 Å². The lowest BCUT2D eigenvalue weighted by Gasteiger charge is -2.34. The molecule has 166 valence electrons. The summed E-state index contributed by atoms with van der Waals surface area (Å²) in [5.74, 6) is 0.626. The second-order valence-electron chi connectivity index (χ2n) is 9.20. The number of aromatic nitrogens is 1. The molecule has 1 aromatic carbocycles. The molecule has 0 bridgehead atoms. The monoisotopic (exact) mass is 418 g/mol. The molecule has 1 amide bonds. The van der Waals surface area contributed by atoms with Crippen molar-refractivity contribution in [2.45, 2.75) is 67.0 Å². The van der Waals surface area contributed by atoms with Crippen LogP contribution in [0, 0.1) is 11.3 Å². The van der Waals surface area contributed by atoms with Crippen molar-refractivity contribution in [3.63, 3.8) is 0 Å². The Balaban J connectivity index is 2.96. The number of ether oxygens (including phenoxy) is 1. The molecule has 30 heavy (non-hydrogen) atoms. The van der Waals surface area contributed by atoms with Crippen LogP contribution in [0.15, 0.2) is 23.0 Å². The fourth-order valence-electron chi connectivity index (χ4n) is 3.54. The number of carbonyl (C=O) groups is 1. The van der Waals surface area contributed by atoms with Gasteiger partial charge in [0, 0.05) is 11.9 Å². The number of unbranched alkanes of at least 4 members (excludes halogenated alkanes) is 1. The Hall–Kier alpha value is -2.70. The van der Waals surface area contributed by atoms with E-state index in [0.717, 1.165) is 12.8 Å².